The number of nitrogens with zero attached hydrogens (tertiary/aromatic N) is 2. The quantitative estimate of drug-likeness (QED) is 0.899. The molecule has 2 heterocycles. The highest BCUT2D eigenvalue weighted by Gasteiger charge is 2.31. The summed E-state index contributed by atoms with van der Waals surface area (Å²) in [6, 6.07) is 3.63. The highest BCUT2D eigenvalue weighted by atomic mass is 16.6. The number of anilines is 2. The lowest BCUT2D eigenvalue weighted by Crippen LogP contribution is -2.48. The van der Waals surface area contributed by atoms with Crippen LogP contribution in [0.3, 0.4) is 0 Å². The van der Waals surface area contributed by atoms with E-state index >= 15 is 0 Å². The molecule has 1 aromatic carbocycles. The second kappa shape index (κ2) is 6.66. The molecule has 2 aliphatic rings. The molecule has 23 heavy (non-hydrogen) atoms. The minimum atomic E-state index is -0.234. The second-order valence-corrected chi connectivity index (χ2v) is 5.90. The van der Waals surface area contributed by atoms with E-state index in [2.05, 4.69) is 24.1 Å². The predicted octanol–water partition coefficient (Wildman–Crippen LogP) is 1.95. The van der Waals surface area contributed by atoms with Gasteiger partial charge in [-0.2, -0.15) is 0 Å². The lowest BCUT2D eigenvalue weighted by atomic mass is 10.1. The van der Waals surface area contributed by atoms with Gasteiger partial charge in [-0.25, -0.2) is 0 Å². The van der Waals surface area contributed by atoms with Crippen LogP contribution < -0.4 is 19.7 Å². The van der Waals surface area contributed by atoms with Crippen molar-refractivity contribution in [2.45, 2.75) is 26.8 Å². The minimum absolute atomic E-state index is 0.0985. The van der Waals surface area contributed by atoms with Crippen molar-refractivity contribution in [3.8, 4) is 11.5 Å². The number of likely N-dealkylation sites (N-methyl/N-ethyl adjacent to an activating group) is 1. The van der Waals surface area contributed by atoms with E-state index in [1.165, 1.54) is 0 Å². The number of ether oxygens (including phenoxy) is 2. The summed E-state index contributed by atoms with van der Waals surface area (Å²) in [5.41, 5.74) is 1.81. The van der Waals surface area contributed by atoms with Crippen molar-refractivity contribution in [1.29, 1.82) is 0 Å². The zero-order valence-corrected chi connectivity index (χ0v) is 14.1. The Bertz CT molecular complexity index is 587. The summed E-state index contributed by atoms with van der Waals surface area (Å²) >= 11 is 0. The maximum atomic E-state index is 12.6. The Morgan fingerprint density at radius 1 is 1.22 bits per heavy atom. The lowest BCUT2D eigenvalue weighted by molar-refractivity contribution is -0.119. The molecule has 0 aliphatic carbocycles. The van der Waals surface area contributed by atoms with Crippen LogP contribution in [-0.2, 0) is 4.79 Å². The highest BCUT2D eigenvalue weighted by molar-refractivity contribution is 6.05. The molecule has 0 radical (unpaired) electrons. The molecule has 0 fully saturated rings. The summed E-state index contributed by atoms with van der Waals surface area (Å²) in [5, 5.41) is 3.26. The number of fused-ring (bicyclic) bond motifs is 2. The summed E-state index contributed by atoms with van der Waals surface area (Å²) in [6.45, 7) is 10.8. The number of carbonyl (C=O) groups is 1. The summed E-state index contributed by atoms with van der Waals surface area (Å²) in [5.74, 6) is 1.56. The smallest absolute Gasteiger partial charge is 0.249 e. The van der Waals surface area contributed by atoms with Gasteiger partial charge in [-0.05, 0) is 20.0 Å². The standard InChI is InChI=1S/C17H25N3O3/c1-4-19(5-2)6-7-20-14-11-16-15(22-8-9-23-16)10-13(14)18-12(3)17(20)21/h10-12,18H,4-9H2,1-3H3. The third kappa shape index (κ3) is 3.08. The number of rotatable bonds is 5. The van der Waals surface area contributed by atoms with Gasteiger partial charge in [0.05, 0.1) is 11.4 Å². The molecule has 0 aromatic heterocycles. The molecule has 1 atom stereocenters. The van der Waals surface area contributed by atoms with E-state index < -0.39 is 0 Å². The van der Waals surface area contributed by atoms with Gasteiger partial charge >= 0.3 is 0 Å². The molecule has 2 aliphatic heterocycles. The van der Waals surface area contributed by atoms with Crippen molar-refractivity contribution in [2.75, 3.05) is 49.6 Å². The zero-order chi connectivity index (χ0) is 16.4. The Kier molecular flexibility index (Phi) is 4.61. The third-order valence-electron chi connectivity index (χ3n) is 4.49. The maximum Gasteiger partial charge on any atom is 0.249 e. The van der Waals surface area contributed by atoms with E-state index in [1.807, 2.05) is 24.0 Å². The van der Waals surface area contributed by atoms with Crippen molar-refractivity contribution >= 4 is 17.3 Å². The number of amides is 1. The van der Waals surface area contributed by atoms with Gasteiger partial charge in [0.2, 0.25) is 5.91 Å². The van der Waals surface area contributed by atoms with E-state index in [0.29, 0.717) is 25.5 Å². The van der Waals surface area contributed by atoms with Gasteiger partial charge in [0.15, 0.2) is 11.5 Å². The van der Waals surface area contributed by atoms with Gasteiger partial charge in [-0.1, -0.05) is 13.8 Å². The first kappa shape index (κ1) is 15.9. The molecule has 6 heteroatoms. The summed E-state index contributed by atoms with van der Waals surface area (Å²) in [7, 11) is 0. The van der Waals surface area contributed by atoms with Gasteiger partial charge in [-0.15, -0.1) is 0 Å². The molecule has 1 N–H and O–H groups in total. The van der Waals surface area contributed by atoms with E-state index in [4.69, 9.17) is 9.47 Å². The Labute approximate surface area is 137 Å². The summed E-state index contributed by atoms with van der Waals surface area (Å²) < 4.78 is 11.3. The summed E-state index contributed by atoms with van der Waals surface area (Å²) in [6.07, 6.45) is 0. The lowest BCUT2D eigenvalue weighted by Gasteiger charge is -2.36. The normalized spacial score (nSPS) is 19.6. The largest absolute Gasteiger partial charge is 0.486 e. The van der Waals surface area contributed by atoms with Crippen LogP contribution in [0, 0.1) is 0 Å². The molecule has 6 nitrogen and oxygen atoms in total. The molecule has 1 unspecified atom stereocenters. The van der Waals surface area contributed by atoms with Gasteiger partial charge < -0.3 is 24.6 Å². The summed E-state index contributed by atoms with van der Waals surface area (Å²) in [4.78, 5) is 16.8. The topological polar surface area (TPSA) is 54.0 Å². The molecule has 126 valence electrons. The fraction of sp³-hybridized carbons (Fsp3) is 0.588. The third-order valence-corrected chi connectivity index (χ3v) is 4.49. The van der Waals surface area contributed by atoms with Crippen molar-refractivity contribution in [3.63, 3.8) is 0 Å². The molecule has 0 spiro atoms. The number of carbonyl (C=O) groups excluding carboxylic acids is 1. The van der Waals surface area contributed by atoms with Crippen LogP contribution >= 0.6 is 0 Å². The molecule has 0 saturated carbocycles. The number of benzene rings is 1. The van der Waals surface area contributed by atoms with Crippen molar-refractivity contribution in [1.82, 2.24) is 4.90 Å². The van der Waals surface area contributed by atoms with Crippen LogP contribution in [0.2, 0.25) is 0 Å². The molecule has 3 rings (SSSR count). The van der Waals surface area contributed by atoms with Crippen LogP contribution in [0.5, 0.6) is 11.5 Å². The van der Waals surface area contributed by atoms with Crippen LogP contribution in [0.15, 0.2) is 12.1 Å². The Balaban J connectivity index is 1.89. The molecule has 0 bridgehead atoms. The molecule has 0 saturated heterocycles. The van der Waals surface area contributed by atoms with E-state index in [9.17, 15) is 4.79 Å². The van der Waals surface area contributed by atoms with Gasteiger partial charge in [-0.3, -0.25) is 4.79 Å². The average Bonchev–Trinajstić information content (AvgIpc) is 2.57. The zero-order valence-electron chi connectivity index (χ0n) is 14.1. The first-order valence-corrected chi connectivity index (χ1v) is 8.38. The average molecular weight is 319 g/mol. The first-order chi connectivity index (χ1) is 11.1. The predicted molar refractivity (Wildman–Crippen MR) is 90.7 cm³/mol. The molecule has 1 aromatic rings. The van der Waals surface area contributed by atoms with Crippen molar-refractivity contribution < 1.29 is 14.3 Å². The van der Waals surface area contributed by atoms with Gasteiger partial charge in [0.25, 0.3) is 0 Å². The Morgan fingerprint density at radius 2 is 1.87 bits per heavy atom. The SMILES string of the molecule is CCN(CC)CCN1C(=O)C(C)Nc2cc3c(cc21)OCCO3. The van der Waals surface area contributed by atoms with Gasteiger partial charge in [0.1, 0.15) is 19.3 Å². The monoisotopic (exact) mass is 319 g/mol. The number of hydrogen-bond donors (Lipinski definition) is 1. The maximum absolute atomic E-state index is 12.6. The van der Waals surface area contributed by atoms with Crippen molar-refractivity contribution in [3.05, 3.63) is 12.1 Å². The molecule has 1 amide bonds. The Hall–Kier alpha value is -1.95. The van der Waals surface area contributed by atoms with Crippen LogP contribution in [-0.4, -0.2) is 56.2 Å². The van der Waals surface area contributed by atoms with E-state index in [0.717, 1.165) is 36.8 Å². The fourth-order valence-electron chi connectivity index (χ4n) is 3.08. The number of nitrogens with one attached hydrogen (secondary N) is 1. The Morgan fingerprint density at radius 3 is 2.52 bits per heavy atom. The van der Waals surface area contributed by atoms with Crippen LogP contribution in [0.1, 0.15) is 20.8 Å². The van der Waals surface area contributed by atoms with Crippen LogP contribution in [0.4, 0.5) is 11.4 Å². The minimum Gasteiger partial charge on any atom is -0.486 e. The van der Waals surface area contributed by atoms with Gasteiger partial charge in [0, 0.05) is 25.2 Å². The first-order valence-electron chi connectivity index (χ1n) is 8.38. The van der Waals surface area contributed by atoms with Crippen molar-refractivity contribution in [2.24, 2.45) is 0 Å². The highest BCUT2D eigenvalue weighted by Crippen LogP contribution is 2.42. The molecular formula is C17H25N3O3. The van der Waals surface area contributed by atoms with E-state index in [1.54, 1.807) is 0 Å². The van der Waals surface area contributed by atoms with Crippen LogP contribution in [0.25, 0.3) is 0 Å². The fourth-order valence-corrected chi connectivity index (χ4v) is 3.08. The second-order valence-electron chi connectivity index (χ2n) is 5.90. The molecular weight excluding hydrogens is 294 g/mol. The number of hydrogen-bond acceptors (Lipinski definition) is 5. The van der Waals surface area contributed by atoms with E-state index in [-0.39, 0.29) is 11.9 Å².